The highest BCUT2D eigenvalue weighted by Crippen LogP contribution is 2.41. The van der Waals surface area contributed by atoms with E-state index in [0.717, 1.165) is 6.42 Å². The van der Waals surface area contributed by atoms with Gasteiger partial charge in [0.2, 0.25) is 10.0 Å². The van der Waals surface area contributed by atoms with E-state index in [2.05, 4.69) is 4.72 Å². The lowest BCUT2D eigenvalue weighted by Crippen LogP contribution is -2.27. The van der Waals surface area contributed by atoms with E-state index < -0.39 is 10.0 Å². The van der Waals surface area contributed by atoms with Crippen molar-refractivity contribution < 1.29 is 8.42 Å². The van der Waals surface area contributed by atoms with Crippen LogP contribution in [0, 0.1) is 6.92 Å². The molecule has 0 spiro atoms. The summed E-state index contributed by atoms with van der Waals surface area (Å²) in [4.78, 5) is 0.265. The highest BCUT2D eigenvalue weighted by atomic mass is 32.2. The summed E-state index contributed by atoms with van der Waals surface area (Å²) in [7, 11) is -3.52. The fourth-order valence-electron chi connectivity index (χ4n) is 2.56. The molecule has 21 heavy (non-hydrogen) atoms. The van der Waals surface area contributed by atoms with Crippen LogP contribution >= 0.6 is 0 Å². The first-order chi connectivity index (χ1) is 9.97. The third-order valence-corrected chi connectivity index (χ3v) is 5.46. The number of hydrogen-bond acceptors (Lipinski definition) is 3. The second-order valence-electron chi connectivity index (χ2n) is 5.51. The Morgan fingerprint density at radius 2 is 1.86 bits per heavy atom. The first-order valence-electron chi connectivity index (χ1n) is 6.91. The van der Waals surface area contributed by atoms with E-state index in [0.29, 0.717) is 11.3 Å². The molecule has 1 fully saturated rings. The zero-order valence-corrected chi connectivity index (χ0v) is 12.6. The molecule has 5 heteroatoms. The van der Waals surface area contributed by atoms with Crippen LogP contribution in [0.2, 0.25) is 0 Å². The molecular weight excluding hydrogens is 284 g/mol. The van der Waals surface area contributed by atoms with Crippen molar-refractivity contribution >= 4 is 15.7 Å². The Kier molecular flexibility index (Phi) is 3.47. The molecule has 1 aliphatic rings. The molecule has 4 nitrogen and oxygen atoms in total. The molecule has 2 aromatic carbocycles. The molecule has 2 atom stereocenters. The van der Waals surface area contributed by atoms with Crippen LogP contribution in [0.3, 0.4) is 0 Å². The number of nitrogens with two attached hydrogens (primary N) is 1. The van der Waals surface area contributed by atoms with Gasteiger partial charge in [0.05, 0.1) is 4.90 Å². The van der Waals surface area contributed by atoms with Gasteiger partial charge in [-0.25, -0.2) is 13.1 Å². The summed E-state index contributed by atoms with van der Waals surface area (Å²) in [6, 6.07) is 14.9. The smallest absolute Gasteiger partial charge is 0.241 e. The Bertz CT molecular complexity index is 757. The maximum atomic E-state index is 12.5. The molecule has 0 aromatic heterocycles. The van der Waals surface area contributed by atoms with Crippen LogP contribution in [0.5, 0.6) is 0 Å². The average molecular weight is 302 g/mol. The van der Waals surface area contributed by atoms with Gasteiger partial charge in [0.25, 0.3) is 0 Å². The van der Waals surface area contributed by atoms with E-state index in [1.807, 2.05) is 30.3 Å². The van der Waals surface area contributed by atoms with E-state index in [1.54, 1.807) is 19.1 Å². The summed E-state index contributed by atoms with van der Waals surface area (Å²) in [5.74, 6) is 0.266. The van der Waals surface area contributed by atoms with E-state index in [1.165, 1.54) is 11.6 Å². The standard InChI is InChI=1S/C16H18N2O2S/c1-11-7-8-13(17)9-16(11)21(19,20)18-15-10-14(15)12-5-3-2-4-6-12/h2-9,14-15,18H,10,17H2,1H3/t14-,15+/m0/s1. The van der Waals surface area contributed by atoms with Gasteiger partial charge in [-0.1, -0.05) is 36.4 Å². The third-order valence-electron chi connectivity index (χ3n) is 3.83. The normalized spacial score (nSPS) is 21.2. The molecule has 0 aliphatic heterocycles. The third kappa shape index (κ3) is 2.94. The van der Waals surface area contributed by atoms with E-state index in [9.17, 15) is 8.42 Å². The maximum absolute atomic E-state index is 12.5. The molecule has 0 bridgehead atoms. The van der Waals surface area contributed by atoms with E-state index >= 15 is 0 Å². The van der Waals surface area contributed by atoms with E-state index in [4.69, 9.17) is 5.73 Å². The van der Waals surface area contributed by atoms with Gasteiger partial charge in [0, 0.05) is 17.6 Å². The van der Waals surface area contributed by atoms with Gasteiger partial charge in [0.15, 0.2) is 0 Å². The van der Waals surface area contributed by atoms with Crippen LogP contribution in [0.1, 0.15) is 23.5 Å². The van der Waals surface area contributed by atoms with Crippen molar-refractivity contribution in [1.82, 2.24) is 4.72 Å². The number of anilines is 1. The molecule has 3 rings (SSSR count). The molecule has 110 valence electrons. The van der Waals surface area contributed by atoms with Gasteiger partial charge in [-0.3, -0.25) is 0 Å². The Hall–Kier alpha value is -1.85. The predicted molar refractivity (Wildman–Crippen MR) is 83.5 cm³/mol. The van der Waals surface area contributed by atoms with Crippen LogP contribution < -0.4 is 10.5 Å². The summed E-state index contributed by atoms with van der Waals surface area (Å²) >= 11 is 0. The quantitative estimate of drug-likeness (QED) is 0.852. The van der Waals surface area contributed by atoms with Crippen molar-refractivity contribution in [3.05, 3.63) is 59.7 Å². The molecular formula is C16H18N2O2S. The van der Waals surface area contributed by atoms with Crippen molar-refractivity contribution in [3.8, 4) is 0 Å². The molecule has 3 N–H and O–H groups in total. The Labute approximate surface area is 125 Å². The summed E-state index contributed by atoms with van der Waals surface area (Å²) in [5, 5.41) is 0. The van der Waals surface area contributed by atoms with E-state index in [-0.39, 0.29) is 16.9 Å². The number of benzene rings is 2. The number of sulfonamides is 1. The summed E-state index contributed by atoms with van der Waals surface area (Å²) in [6.07, 6.45) is 0.838. The summed E-state index contributed by atoms with van der Waals surface area (Å²) in [5.41, 5.74) is 8.03. The largest absolute Gasteiger partial charge is 0.399 e. The lowest BCUT2D eigenvalue weighted by atomic mass is 10.1. The molecule has 0 radical (unpaired) electrons. The molecule has 0 amide bonds. The molecule has 0 saturated heterocycles. The van der Waals surface area contributed by atoms with Crippen LogP contribution in [-0.2, 0) is 10.0 Å². The van der Waals surface area contributed by atoms with Crippen molar-refractivity contribution in [2.75, 3.05) is 5.73 Å². The second-order valence-corrected chi connectivity index (χ2v) is 7.19. The Balaban J connectivity index is 1.78. The number of aryl methyl sites for hydroxylation is 1. The Morgan fingerprint density at radius 3 is 2.57 bits per heavy atom. The topological polar surface area (TPSA) is 72.2 Å². The number of nitrogens with one attached hydrogen (secondary N) is 1. The number of rotatable bonds is 4. The minimum atomic E-state index is -3.52. The fourth-order valence-corrected chi connectivity index (χ4v) is 4.13. The predicted octanol–water partition coefficient (Wildman–Crippen LogP) is 2.41. The van der Waals surface area contributed by atoms with Crippen LogP contribution in [0.25, 0.3) is 0 Å². The monoisotopic (exact) mass is 302 g/mol. The van der Waals surface area contributed by atoms with Gasteiger partial charge in [-0.2, -0.15) is 0 Å². The van der Waals surface area contributed by atoms with Gasteiger partial charge in [0.1, 0.15) is 0 Å². The zero-order chi connectivity index (χ0) is 15.0. The van der Waals surface area contributed by atoms with Crippen LogP contribution in [-0.4, -0.2) is 14.5 Å². The van der Waals surface area contributed by atoms with Gasteiger partial charge in [-0.15, -0.1) is 0 Å². The van der Waals surface area contributed by atoms with Crippen molar-refractivity contribution in [3.63, 3.8) is 0 Å². The van der Waals surface area contributed by atoms with Crippen molar-refractivity contribution in [2.24, 2.45) is 0 Å². The minimum absolute atomic E-state index is 0.0294. The zero-order valence-electron chi connectivity index (χ0n) is 11.8. The first kappa shape index (κ1) is 14.1. The number of nitrogen functional groups attached to an aromatic ring is 1. The first-order valence-corrected chi connectivity index (χ1v) is 8.39. The highest BCUT2D eigenvalue weighted by molar-refractivity contribution is 7.89. The average Bonchev–Trinajstić information content (AvgIpc) is 3.21. The molecule has 0 heterocycles. The van der Waals surface area contributed by atoms with Crippen molar-refractivity contribution in [2.45, 2.75) is 30.2 Å². The lowest BCUT2D eigenvalue weighted by Gasteiger charge is -2.10. The summed E-state index contributed by atoms with van der Waals surface area (Å²) in [6.45, 7) is 1.77. The maximum Gasteiger partial charge on any atom is 0.241 e. The second kappa shape index (κ2) is 5.16. The van der Waals surface area contributed by atoms with Crippen molar-refractivity contribution in [1.29, 1.82) is 0 Å². The lowest BCUT2D eigenvalue weighted by molar-refractivity contribution is 0.579. The minimum Gasteiger partial charge on any atom is -0.399 e. The number of hydrogen-bond donors (Lipinski definition) is 2. The summed E-state index contributed by atoms with van der Waals surface area (Å²) < 4.78 is 27.7. The molecule has 2 aromatic rings. The highest BCUT2D eigenvalue weighted by Gasteiger charge is 2.41. The van der Waals surface area contributed by atoms with Gasteiger partial charge in [-0.05, 0) is 36.6 Å². The fraction of sp³-hybridized carbons (Fsp3) is 0.250. The van der Waals surface area contributed by atoms with Crippen LogP contribution in [0.15, 0.2) is 53.4 Å². The molecule has 1 saturated carbocycles. The molecule has 0 unspecified atom stereocenters. The van der Waals surface area contributed by atoms with Gasteiger partial charge < -0.3 is 5.73 Å². The SMILES string of the molecule is Cc1ccc(N)cc1S(=O)(=O)N[C@@H]1C[C@H]1c1ccccc1. The van der Waals surface area contributed by atoms with Gasteiger partial charge >= 0.3 is 0 Å². The molecule has 1 aliphatic carbocycles. The Morgan fingerprint density at radius 1 is 1.14 bits per heavy atom. The van der Waals surface area contributed by atoms with Crippen LogP contribution in [0.4, 0.5) is 5.69 Å².